The van der Waals surface area contributed by atoms with Crippen molar-refractivity contribution in [3.63, 3.8) is 0 Å². The summed E-state index contributed by atoms with van der Waals surface area (Å²) >= 11 is 0. The smallest absolute Gasteiger partial charge is 0.249 e. The van der Waals surface area contributed by atoms with Gasteiger partial charge in [-0.3, -0.25) is 24.5 Å². The van der Waals surface area contributed by atoms with E-state index >= 15 is 0 Å². The summed E-state index contributed by atoms with van der Waals surface area (Å²) in [7, 11) is 0. The lowest BCUT2D eigenvalue weighted by atomic mass is 9.96. The summed E-state index contributed by atoms with van der Waals surface area (Å²) in [6, 6.07) is -0.645. The Balaban J connectivity index is 1.89. The lowest BCUT2D eigenvalue weighted by Crippen LogP contribution is -2.54. The fourth-order valence-corrected chi connectivity index (χ4v) is 2.60. The molecule has 0 aromatic carbocycles. The van der Waals surface area contributed by atoms with Crippen LogP contribution in [-0.4, -0.2) is 47.7 Å². The van der Waals surface area contributed by atoms with E-state index in [1.807, 2.05) is 0 Å². The Morgan fingerprint density at radius 2 is 2.05 bits per heavy atom. The fraction of sp³-hybridized carbons (Fsp3) is 0.692. The molecule has 110 valence electrons. The molecule has 2 fully saturated rings. The van der Waals surface area contributed by atoms with E-state index in [9.17, 15) is 19.2 Å². The van der Waals surface area contributed by atoms with E-state index in [-0.39, 0.29) is 30.1 Å². The first-order valence-electron chi connectivity index (χ1n) is 6.87. The number of amides is 4. The summed E-state index contributed by atoms with van der Waals surface area (Å²) in [6.07, 6.45) is 2.07. The largest absolute Gasteiger partial charge is 0.344 e. The predicted molar refractivity (Wildman–Crippen MR) is 69.3 cm³/mol. The molecule has 2 aliphatic rings. The van der Waals surface area contributed by atoms with Crippen LogP contribution in [0.4, 0.5) is 0 Å². The Bertz CT molecular complexity index is 449. The molecule has 7 heteroatoms. The van der Waals surface area contributed by atoms with E-state index in [0.717, 1.165) is 6.42 Å². The molecule has 2 rings (SSSR count). The number of rotatable bonds is 2. The molecular weight excluding hydrogens is 262 g/mol. The molecule has 0 aromatic heterocycles. The van der Waals surface area contributed by atoms with E-state index < -0.39 is 11.9 Å². The van der Waals surface area contributed by atoms with Gasteiger partial charge in [0.05, 0.1) is 5.92 Å². The van der Waals surface area contributed by atoms with E-state index in [2.05, 4.69) is 10.6 Å². The van der Waals surface area contributed by atoms with Crippen molar-refractivity contribution in [3.05, 3.63) is 0 Å². The molecule has 20 heavy (non-hydrogen) atoms. The molecule has 2 saturated heterocycles. The highest BCUT2D eigenvalue weighted by Gasteiger charge is 2.32. The number of nitrogens with zero attached hydrogens (tertiary/aromatic N) is 1. The number of likely N-dealkylation sites (tertiary alicyclic amines) is 1. The molecule has 0 spiro atoms. The van der Waals surface area contributed by atoms with Crippen LogP contribution < -0.4 is 10.6 Å². The Kier molecular flexibility index (Phi) is 4.36. The number of hydrogen-bond acceptors (Lipinski definition) is 4. The third-order valence-corrected chi connectivity index (χ3v) is 3.79. The molecule has 0 aliphatic carbocycles. The van der Waals surface area contributed by atoms with Crippen molar-refractivity contribution in [1.82, 2.24) is 15.5 Å². The van der Waals surface area contributed by atoms with Gasteiger partial charge in [0.15, 0.2) is 0 Å². The zero-order chi connectivity index (χ0) is 14.7. The second-order valence-corrected chi connectivity index (χ2v) is 5.32. The highest BCUT2D eigenvalue weighted by atomic mass is 16.2. The van der Waals surface area contributed by atoms with Crippen LogP contribution in [0.15, 0.2) is 0 Å². The number of imide groups is 1. The SMILES string of the molecule is CC(=O)N1CCCC(C(=O)NC2CCC(=O)NC2=O)C1. The van der Waals surface area contributed by atoms with Crippen LogP contribution in [0.5, 0.6) is 0 Å². The first kappa shape index (κ1) is 14.5. The zero-order valence-electron chi connectivity index (χ0n) is 11.5. The van der Waals surface area contributed by atoms with E-state index in [0.29, 0.717) is 25.9 Å². The Labute approximate surface area is 117 Å². The standard InChI is InChI=1S/C13H19N3O4/c1-8(17)16-6-2-3-9(7-16)12(19)14-10-4-5-11(18)15-13(10)20/h9-10H,2-7H2,1H3,(H,14,19)(H,15,18,20). The van der Waals surface area contributed by atoms with Crippen LogP contribution in [0.3, 0.4) is 0 Å². The first-order chi connectivity index (χ1) is 9.47. The Morgan fingerprint density at radius 1 is 1.30 bits per heavy atom. The van der Waals surface area contributed by atoms with Crippen LogP contribution in [0.2, 0.25) is 0 Å². The van der Waals surface area contributed by atoms with E-state index in [1.54, 1.807) is 4.90 Å². The maximum Gasteiger partial charge on any atom is 0.249 e. The minimum absolute atomic E-state index is 0.0384. The monoisotopic (exact) mass is 281 g/mol. The van der Waals surface area contributed by atoms with Gasteiger partial charge in [0.2, 0.25) is 23.6 Å². The molecule has 2 heterocycles. The van der Waals surface area contributed by atoms with Gasteiger partial charge >= 0.3 is 0 Å². The van der Waals surface area contributed by atoms with Gasteiger partial charge in [-0.15, -0.1) is 0 Å². The molecule has 2 N–H and O–H groups in total. The maximum absolute atomic E-state index is 12.1. The van der Waals surface area contributed by atoms with Gasteiger partial charge in [0, 0.05) is 26.4 Å². The van der Waals surface area contributed by atoms with Crippen LogP contribution in [-0.2, 0) is 19.2 Å². The number of carbonyl (C=O) groups is 4. The quantitative estimate of drug-likeness (QED) is 0.646. The average Bonchev–Trinajstić information content (AvgIpc) is 2.42. The molecule has 0 aromatic rings. The molecule has 4 amide bonds. The molecule has 2 atom stereocenters. The van der Waals surface area contributed by atoms with Gasteiger partial charge < -0.3 is 10.2 Å². The van der Waals surface area contributed by atoms with Crippen molar-refractivity contribution in [2.45, 2.75) is 38.6 Å². The number of piperidine rings is 2. The van der Waals surface area contributed by atoms with E-state index in [4.69, 9.17) is 0 Å². The summed E-state index contributed by atoms with van der Waals surface area (Å²) in [6.45, 7) is 2.56. The molecule has 0 bridgehead atoms. The highest BCUT2D eigenvalue weighted by Crippen LogP contribution is 2.17. The lowest BCUT2D eigenvalue weighted by Gasteiger charge is -2.32. The van der Waals surface area contributed by atoms with Gasteiger partial charge in [0.25, 0.3) is 0 Å². The third kappa shape index (κ3) is 3.34. The Morgan fingerprint density at radius 3 is 2.70 bits per heavy atom. The maximum atomic E-state index is 12.1. The third-order valence-electron chi connectivity index (χ3n) is 3.79. The summed E-state index contributed by atoms with van der Waals surface area (Å²) < 4.78 is 0. The highest BCUT2D eigenvalue weighted by molar-refractivity contribution is 6.01. The normalized spacial score (nSPS) is 26.9. The first-order valence-corrected chi connectivity index (χ1v) is 6.87. The van der Waals surface area contributed by atoms with Gasteiger partial charge in [-0.25, -0.2) is 0 Å². The van der Waals surface area contributed by atoms with Crippen molar-refractivity contribution >= 4 is 23.6 Å². The van der Waals surface area contributed by atoms with Crippen molar-refractivity contribution < 1.29 is 19.2 Å². The minimum atomic E-state index is -0.645. The van der Waals surface area contributed by atoms with Gasteiger partial charge in [-0.2, -0.15) is 0 Å². The molecule has 2 aliphatic heterocycles. The van der Waals surface area contributed by atoms with Crippen molar-refractivity contribution in [2.24, 2.45) is 5.92 Å². The molecule has 0 saturated carbocycles. The molecule has 2 unspecified atom stereocenters. The zero-order valence-corrected chi connectivity index (χ0v) is 11.5. The number of hydrogen-bond donors (Lipinski definition) is 2. The van der Waals surface area contributed by atoms with Crippen molar-refractivity contribution in [2.75, 3.05) is 13.1 Å². The van der Waals surface area contributed by atoms with Crippen molar-refractivity contribution in [1.29, 1.82) is 0 Å². The molecule has 0 radical (unpaired) electrons. The number of nitrogens with one attached hydrogen (secondary N) is 2. The summed E-state index contributed by atoms with van der Waals surface area (Å²) in [5.74, 6) is -1.29. The topological polar surface area (TPSA) is 95.6 Å². The molecular formula is C13H19N3O4. The second kappa shape index (κ2) is 6.02. The van der Waals surface area contributed by atoms with Gasteiger partial charge in [0.1, 0.15) is 6.04 Å². The summed E-state index contributed by atoms with van der Waals surface area (Å²) in [5, 5.41) is 4.88. The van der Waals surface area contributed by atoms with Crippen molar-refractivity contribution in [3.8, 4) is 0 Å². The summed E-state index contributed by atoms with van der Waals surface area (Å²) in [4.78, 5) is 47.8. The minimum Gasteiger partial charge on any atom is -0.344 e. The Hall–Kier alpha value is -1.92. The van der Waals surface area contributed by atoms with Crippen LogP contribution in [0.25, 0.3) is 0 Å². The lowest BCUT2D eigenvalue weighted by molar-refractivity contribution is -0.140. The average molecular weight is 281 g/mol. The summed E-state index contributed by atoms with van der Waals surface area (Å²) in [5.41, 5.74) is 0. The predicted octanol–water partition coefficient (Wildman–Crippen LogP) is -0.834. The van der Waals surface area contributed by atoms with E-state index in [1.165, 1.54) is 6.92 Å². The molecule has 7 nitrogen and oxygen atoms in total. The van der Waals surface area contributed by atoms with Crippen LogP contribution in [0, 0.1) is 5.92 Å². The van der Waals surface area contributed by atoms with Gasteiger partial charge in [-0.1, -0.05) is 0 Å². The van der Waals surface area contributed by atoms with Crippen LogP contribution in [0.1, 0.15) is 32.6 Å². The number of carbonyl (C=O) groups excluding carboxylic acids is 4. The second-order valence-electron chi connectivity index (χ2n) is 5.32. The fourth-order valence-electron chi connectivity index (χ4n) is 2.60. The van der Waals surface area contributed by atoms with Gasteiger partial charge in [-0.05, 0) is 19.3 Å². The van der Waals surface area contributed by atoms with Crippen LogP contribution >= 0.6 is 0 Å².